The van der Waals surface area contributed by atoms with Gasteiger partial charge in [-0.25, -0.2) is 0 Å². The van der Waals surface area contributed by atoms with E-state index in [0.717, 1.165) is 18.4 Å². The van der Waals surface area contributed by atoms with Gasteiger partial charge in [-0.05, 0) is 50.3 Å². The normalized spacial score (nSPS) is 11.8. The van der Waals surface area contributed by atoms with Crippen molar-refractivity contribution in [3.63, 3.8) is 0 Å². The average molecular weight is 261 g/mol. The van der Waals surface area contributed by atoms with Crippen molar-refractivity contribution in [2.45, 2.75) is 54.0 Å². The molecule has 0 amide bonds. The fourth-order valence-electron chi connectivity index (χ4n) is 2.22. The Kier molecular flexibility index (Phi) is 7.15. The van der Waals surface area contributed by atoms with E-state index in [1.807, 2.05) is 0 Å². The third-order valence-corrected chi connectivity index (χ3v) is 3.53. The summed E-state index contributed by atoms with van der Waals surface area (Å²) in [5.41, 5.74) is 2.82. The minimum absolute atomic E-state index is 0.791. The molecule has 108 valence electrons. The van der Waals surface area contributed by atoms with Crippen molar-refractivity contribution in [2.24, 2.45) is 11.8 Å². The quantitative estimate of drug-likeness (QED) is 0.644. The van der Waals surface area contributed by atoms with Crippen LogP contribution >= 0.6 is 0 Å². The Labute approximate surface area is 120 Å². The molecule has 19 heavy (non-hydrogen) atoms. The van der Waals surface area contributed by atoms with Gasteiger partial charge in [-0.15, -0.1) is 0 Å². The van der Waals surface area contributed by atoms with Crippen molar-refractivity contribution in [2.75, 3.05) is 13.1 Å². The molecule has 0 heterocycles. The highest BCUT2D eigenvalue weighted by molar-refractivity contribution is 5.22. The van der Waals surface area contributed by atoms with Crippen LogP contribution < -0.4 is 0 Å². The van der Waals surface area contributed by atoms with E-state index in [1.165, 1.54) is 37.1 Å². The smallest absolute Gasteiger partial charge is 0.0233 e. The Morgan fingerprint density at radius 2 is 1.53 bits per heavy atom. The first-order chi connectivity index (χ1) is 8.97. The van der Waals surface area contributed by atoms with Gasteiger partial charge in [-0.1, -0.05) is 57.5 Å². The molecule has 0 unspecified atom stereocenters. The lowest BCUT2D eigenvalue weighted by molar-refractivity contribution is 0.235. The zero-order chi connectivity index (χ0) is 14.3. The van der Waals surface area contributed by atoms with E-state index in [0.29, 0.717) is 0 Å². The number of benzene rings is 1. The van der Waals surface area contributed by atoms with Gasteiger partial charge < -0.3 is 0 Å². The lowest BCUT2D eigenvalue weighted by Gasteiger charge is -2.24. The summed E-state index contributed by atoms with van der Waals surface area (Å²) in [6.07, 6.45) is 2.59. The molecular weight excluding hydrogens is 230 g/mol. The molecule has 0 aliphatic heterocycles. The summed E-state index contributed by atoms with van der Waals surface area (Å²) in [5, 5.41) is 0. The lowest BCUT2D eigenvalue weighted by atomic mass is 10.1. The van der Waals surface area contributed by atoms with E-state index in [4.69, 9.17) is 0 Å². The maximum Gasteiger partial charge on any atom is 0.0233 e. The topological polar surface area (TPSA) is 3.24 Å². The highest BCUT2D eigenvalue weighted by atomic mass is 15.1. The lowest BCUT2D eigenvalue weighted by Crippen LogP contribution is -2.27. The van der Waals surface area contributed by atoms with Crippen LogP contribution in [-0.4, -0.2) is 18.0 Å². The van der Waals surface area contributed by atoms with Crippen LogP contribution in [0.2, 0.25) is 0 Å². The summed E-state index contributed by atoms with van der Waals surface area (Å²) in [7, 11) is 0. The van der Waals surface area contributed by atoms with E-state index in [-0.39, 0.29) is 0 Å². The van der Waals surface area contributed by atoms with Crippen LogP contribution in [0.25, 0.3) is 0 Å². The second-order valence-electron chi connectivity index (χ2n) is 6.63. The van der Waals surface area contributed by atoms with Gasteiger partial charge in [0.15, 0.2) is 0 Å². The average Bonchev–Trinajstić information content (AvgIpc) is 2.32. The van der Waals surface area contributed by atoms with Crippen molar-refractivity contribution in [3.05, 3.63) is 35.4 Å². The fourth-order valence-corrected chi connectivity index (χ4v) is 2.22. The van der Waals surface area contributed by atoms with E-state index >= 15 is 0 Å². The third kappa shape index (κ3) is 7.37. The molecule has 0 aliphatic carbocycles. The molecule has 0 saturated carbocycles. The molecule has 1 heteroatoms. The summed E-state index contributed by atoms with van der Waals surface area (Å²) in [4.78, 5) is 2.62. The molecule has 0 radical (unpaired) electrons. The molecule has 0 bridgehead atoms. The molecule has 0 aromatic heterocycles. The first-order valence-corrected chi connectivity index (χ1v) is 7.75. The van der Waals surface area contributed by atoms with Gasteiger partial charge in [0.1, 0.15) is 0 Å². The van der Waals surface area contributed by atoms with Gasteiger partial charge in [-0.3, -0.25) is 4.90 Å². The Morgan fingerprint density at radius 3 is 2.00 bits per heavy atom. The predicted octanol–water partition coefficient (Wildman–Crippen LogP) is 4.89. The van der Waals surface area contributed by atoms with Crippen molar-refractivity contribution < 1.29 is 0 Å². The van der Waals surface area contributed by atoms with Crippen LogP contribution in [0.4, 0.5) is 0 Å². The second kappa shape index (κ2) is 8.37. The Hall–Kier alpha value is -0.820. The summed E-state index contributed by atoms with van der Waals surface area (Å²) in [6, 6.07) is 8.92. The van der Waals surface area contributed by atoms with Gasteiger partial charge in [0, 0.05) is 6.54 Å². The summed E-state index contributed by atoms with van der Waals surface area (Å²) in [5.74, 6) is 1.58. The first-order valence-electron chi connectivity index (χ1n) is 7.75. The van der Waals surface area contributed by atoms with Crippen molar-refractivity contribution in [1.29, 1.82) is 0 Å². The van der Waals surface area contributed by atoms with E-state index in [1.54, 1.807) is 0 Å². The maximum absolute atomic E-state index is 2.62. The van der Waals surface area contributed by atoms with Gasteiger partial charge in [0.2, 0.25) is 0 Å². The molecular formula is C18H31N. The summed E-state index contributed by atoms with van der Waals surface area (Å²) >= 11 is 0. The third-order valence-electron chi connectivity index (χ3n) is 3.53. The van der Waals surface area contributed by atoms with Crippen molar-refractivity contribution in [3.8, 4) is 0 Å². The molecule has 0 saturated heterocycles. The minimum Gasteiger partial charge on any atom is -0.299 e. The predicted molar refractivity (Wildman–Crippen MR) is 85.4 cm³/mol. The Morgan fingerprint density at radius 1 is 0.947 bits per heavy atom. The van der Waals surface area contributed by atoms with E-state index < -0.39 is 0 Å². The summed E-state index contributed by atoms with van der Waals surface area (Å²) in [6.45, 7) is 15.0. The first kappa shape index (κ1) is 16.2. The SMILES string of the molecule is Cc1cccc(CN(CCC(C)C)CCC(C)C)c1. The maximum atomic E-state index is 2.62. The standard InChI is InChI=1S/C18H31N/c1-15(2)9-11-19(12-10-16(3)4)14-18-8-6-7-17(5)13-18/h6-8,13,15-16H,9-12,14H2,1-5H3. The highest BCUT2D eigenvalue weighted by Crippen LogP contribution is 2.12. The monoisotopic (exact) mass is 261 g/mol. The molecule has 0 fully saturated rings. The number of hydrogen-bond donors (Lipinski definition) is 0. The van der Waals surface area contributed by atoms with Crippen LogP contribution in [0, 0.1) is 18.8 Å². The van der Waals surface area contributed by atoms with Gasteiger partial charge in [0.05, 0.1) is 0 Å². The number of nitrogens with zero attached hydrogens (tertiary/aromatic N) is 1. The van der Waals surface area contributed by atoms with E-state index in [2.05, 4.69) is 63.8 Å². The fraction of sp³-hybridized carbons (Fsp3) is 0.667. The second-order valence-corrected chi connectivity index (χ2v) is 6.63. The van der Waals surface area contributed by atoms with Gasteiger partial charge >= 0.3 is 0 Å². The zero-order valence-electron chi connectivity index (χ0n) is 13.4. The van der Waals surface area contributed by atoms with Gasteiger partial charge in [0.25, 0.3) is 0 Å². The highest BCUT2D eigenvalue weighted by Gasteiger charge is 2.08. The largest absolute Gasteiger partial charge is 0.299 e. The van der Waals surface area contributed by atoms with Crippen LogP contribution in [0.3, 0.4) is 0 Å². The van der Waals surface area contributed by atoms with Gasteiger partial charge in [-0.2, -0.15) is 0 Å². The molecule has 1 aromatic carbocycles. The Bertz CT molecular complexity index is 342. The Balaban J connectivity index is 2.56. The molecule has 0 atom stereocenters. The van der Waals surface area contributed by atoms with Crippen LogP contribution in [0.1, 0.15) is 51.7 Å². The molecule has 1 aromatic rings. The van der Waals surface area contributed by atoms with Crippen LogP contribution in [0.5, 0.6) is 0 Å². The molecule has 1 rings (SSSR count). The van der Waals surface area contributed by atoms with Crippen LogP contribution in [0.15, 0.2) is 24.3 Å². The summed E-state index contributed by atoms with van der Waals surface area (Å²) < 4.78 is 0. The van der Waals surface area contributed by atoms with Crippen molar-refractivity contribution >= 4 is 0 Å². The molecule has 0 aliphatic rings. The number of aryl methyl sites for hydroxylation is 1. The molecule has 0 N–H and O–H groups in total. The minimum atomic E-state index is 0.791. The van der Waals surface area contributed by atoms with E-state index in [9.17, 15) is 0 Å². The zero-order valence-corrected chi connectivity index (χ0v) is 13.4. The molecule has 0 spiro atoms. The number of rotatable bonds is 8. The van der Waals surface area contributed by atoms with Crippen molar-refractivity contribution in [1.82, 2.24) is 4.90 Å². The molecule has 1 nitrogen and oxygen atoms in total. The number of hydrogen-bond acceptors (Lipinski definition) is 1. The van der Waals surface area contributed by atoms with Crippen LogP contribution in [-0.2, 0) is 6.54 Å².